The molecule has 4 N–H and O–H groups in total. The lowest BCUT2D eigenvalue weighted by molar-refractivity contribution is -0.137. The number of hydrogen-bond donors (Lipinski definition) is 3. The number of ether oxygens (including phenoxy) is 1. The topological polar surface area (TPSA) is 117 Å². The van der Waals surface area contributed by atoms with Crippen molar-refractivity contribution in [1.29, 1.82) is 5.41 Å². The second-order valence-corrected chi connectivity index (χ2v) is 6.52. The van der Waals surface area contributed by atoms with Crippen LogP contribution in [0.5, 0.6) is 0 Å². The summed E-state index contributed by atoms with van der Waals surface area (Å²) in [4.78, 5) is 22.8. The number of halogens is 1. The number of nitrogens with zero attached hydrogens (tertiary/aromatic N) is 3. The van der Waals surface area contributed by atoms with E-state index in [4.69, 9.17) is 15.9 Å². The lowest BCUT2D eigenvalue weighted by Gasteiger charge is -2.29. The van der Waals surface area contributed by atoms with Crippen LogP contribution in [0, 0.1) is 23.1 Å². The van der Waals surface area contributed by atoms with Crippen LogP contribution < -0.4 is 11.1 Å². The summed E-state index contributed by atoms with van der Waals surface area (Å²) >= 11 is 0. The van der Waals surface area contributed by atoms with Crippen molar-refractivity contribution in [2.45, 2.75) is 25.8 Å². The number of hydrogen-bond acceptors (Lipinski definition) is 8. The first kappa shape index (κ1) is 21.2. The van der Waals surface area contributed by atoms with E-state index in [1.165, 1.54) is 6.07 Å². The predicted octanol–water partition coefficient (Wildman–Crippen LogP) is 1.61. The number of aliphatic imine (C=N–C) groups is 1. The Hall–Kier alpha value is -3.51. The fraction of sp³-hybridized carbons (Fsp3) is 0.333. The van der Waals surface area contributed by atoms with Crippen molar-refractivity contribution in [3.05, 3.63) is 53.0 Å². The van der Waals surface area contributed by atoms with Crippen LogP contribution in [0.2, 0.25) is 0 Å². The highest BCUT2D eigenvalue weighted by Crippen LogP contribution is 2.34. The number of carbonyl (C=O) groups is 1. The molecule has 0 radical (unpaired) electrons. The standard InChI is InChI=1S/C21H23FN6O2/c1-2-30-21(29)16(12-24)20-25-9-7-19(27-20)28-10-4-6-18(28)15-11-14(22)13-26-17(15)5-3-8-23/h7,9,11-13,18,24-25H,2,4,6,8,10,23H2,1H3/b20-16-,24-12?. The van der Waals surface area contributed by atoms with E-state index in [0.29, 0.717) is 23.6 Å². The first-order chi connectivity index (χ1) is 14.6. The Morgan fingerprint density at radius 1 is 1.57 bits per heavy atom. The second kappa shape index (κ2) is 9.80. The third-order valence-corrected chi connectivity index (χ3v) is 4.67. The fourth-order valence-corrected chi connectivity index (χ4v) is 3.42. The monoisotopic (exact) mass is 410 g/mol. The van der Waals surface area contributed by atoms with Crippen LogP contribution in [0.15, 0.2) is 40.9 Å². The molecule has 2 aliphatic heterocycles. The maximum absolute atomic E-state index is 14.0. The summed E-state index contributed by atoms with van der Waals surface area (Å²) in [6.07, 6.45) is 7.12. The summed E-state index contributed by atoms with van der Waals surface area (Å²) in [6, 6.07) is 1.27. The molecular weight excluding hydrogens is 387 g/mol. The predicted molar refractivity (Wildman–Crippen MR) is 111 cm³/mol. The van der Waals surface area contributed by atoms with E-state index in [1.54, 1.807) is 19.2 Å². The molecule has 2 aliphatic rings. The molecule has 0 saturated carbocycles. The van der Waals surface area contributed by atoms with E-state index in [9.17, 15) is 9.18 Å². The minimum absolute atomic E-state index is 0.0244. The van der Waals surface area contributed by atoms with Gasteiger partial charge in [0.25, 0.3) is 0 Å². The van der Waals surface area contributed by atoms with Crippen molar-refractivity contribution in [3.63, 3.8) is 0 Å². The third-order valence-electron chi connectivity index (χ3n) is 4.67. The molecule has 3 heterocycles. The van der Waals surface area contributed by atoms with Crippen molar-refractivity contribution >= 4 is 18.0 Å². The quantitative estimate of drug-likeness (QED) is 0.301. The number of nitrogens with two attached hydrogens (primary N) is 1. The summed E-state index contributed by atoms with van der Waals surface area (Å²) in [5, 5.41) is 10.5. The van der Waals surface area contributed by atoms with E-state index < -0.39 is 11.8 Å². The molecule has 156 valence electrons. The lowest BCUT2D eigenvalue weighted by Crippen LogP contribution is -2.33. The van der Waals surface area contributed by atoms with E-state index >= 15 is 0 Å². The zero-order valence-electron chi connectivity index (χ0n) is 16.6. The van der Waals surface area contributed by atoms with Crippen LogP contribution in [-0.2, 0) is 9.53 Å². The highest BCUT2D eigenvalue weighted by molar-refractivity contribution is 6.10. The SMILES string of the molecule is CCOC(=O)/C(C=N)=C1\N=C(N2CCCC2c2cc(F)cnc2C#CCN)C=CN1. The lowest BCUT2D eigenvalue weighted by atomic mass is 10.0. The van der Waals surface area contributed by atoms with Crippen LogP contribution in [0.3, 0.4) is 0 Å². The number of carbonyl (C=O) groups excluding carboxylic acids is 1. The highest BCUT2D eigenvalue weighted by atomic mass is 19.1. The molecule has 1 saturated heterocycles. The number of pyridine rings is 1. The van der Waals surface area contributed by atoms with Gasteiger partial charge in [-0.1, -0.05) is 5.92 Å². The molecule has 0 amide bonds. The van der Waals surface area contributed by atoms with Crippen LogP contribution in [-0.4, -0.2) is 47.6 Å². The van der Waals surface area contributed by atoms with Gasteiger partial charge in [-0.05, 0) is 37.8 Å². The average Bonchev–Trinajstić information content (AvgIpc) is 3.23. The Morgan fingerprint density at radius 3 is 3.13 bits per heavy atom. The summed E-state index contributed by atoms with van der Waals surface area (Å²) in [5.41, 5.74) is 6.66. The van der Waals surface area contributed by atoms with Crippen molar-refractivity contribution in [2.75, 3.05) is 19.7 Å². The van der Waals surface area contributed by atoms with Crippen molar-refractivity contribution in [1.82, 2.24) is 15.2 Å². The summed E-state index contributed by atoms with van der Waals surface area (Å²) in [5.74, 6) is 5.45. The van der Waals surface area contributed by atoms with Gasteiger partial charge >= 0.3 is 5.97 Å². The molecule has 1 aromatic heterocycles. The molecule has 9 heteroatoms. The number of esters is 1. The highest BCUT2D eigenvalue weighted by Gasteiger charge is 2.31. The molecule has 0 bridgehead atoms. The summed E-state index contributed by atoms with van der Waals surface area (Å²) in [7, 11) is 0. The molecule has 1 fully saturated rings. The number of aromatic nitrogens is 1. The maximum Gasteiger partial charge on any atom is 0.343 e. The van der Waals surface area contributed by atoms with Gasteiger partial charge in [0.15, 0.2) is 0 Å². The molecule has 8 nitrogen and oxygen atoms in total. The van der Waals surface area contributed by atoms with Crippen LogP contribution in [0.25, 0.3) is 0 Å². The summed E-state index contributed by atoms with van der Waals surface area (Å²) in [6.45, 7) is 2.77. The van der Waals surface area contributed by atoms with Crippen LogP contribution >= 0.6 is 0 Å². The molecule has 3 rings (SSSR count). The number of nitrogens with one attached hydrogen (secondary N) is 2. The van der Waals surface area contributed by atoms with E-state index in [-0.39, 0.29) is 30.6 Å². The second-order valence-electron chi connectivity index (χ2n) is 6.52. The van der Waals surface area contributed by atoms with E-state index in [1.807, 2.05) is 4.90 Å². The molecule has 0 aromatic carbocycles. The normalized spacial score (nSPS) is 19.4. The average molecular weight is 410 g/mol. The Bertz CT molecular complexity index is 989. The largest absolute Gasteiger partial charge is 0.462 e. The zero-order chi connectivity index (χ0) is 21.5. The van der Waals surface area contributed by atoms with E-state index in [0.717, 1.165) is 25.3 Å². The molecule has 1 aromatic rings. The number of likely N-dealkylation sites (tertiary alicyclic amines) is 1. The van der Waals surface area contributed by atoms with Gasteiger partial charge in [0, 0.05) is 24.5 Å². The maximum atomic E-state index is 14.0. The van der Waals surface area contributed by atoms with Gasteiger partial charge in [-0.25, -0.2) is 19.2 Å². The van der Waals surface area contributed by atoms with Crippen molar-refractivity contribution < 1.29 is 13.9 Å². The molecule has 0 aliphatic carbocycles. The Balaban J connectivity index is 1.99. The van der Waals surface area contributed by atoms with Crippen LogP contribution in [0.4, 0.5) is 4.39 Å². The minimum Gasteiger partial charge on any atom is -0.462 e. The van der Waals surface area contributed by atoms with Gasteiger partial charge < -0.3 is 26.1 Å². The smallest absolute Gasteiger partial charge is 0.343 e. The van der Waals surface area contributed by atoms with E-state index in [2.05, 4.69) is 27.1 Å². The fourth-order valence-electron chi connectivity index (χ4n) is 3.42. The Kier molecular flexibility index (Phi) is 6.93. The van der Waals surface area contributed by atoms with Gasteiger partial charge in [0.1, 0.15) is 28.7 Å². The molecule has 30 heavy (non-hydrogen) atoms. The Morgan fingerprint density at radius 2 is 2.40 bits per heavy atom. The first-order valence-corrected chi connectivity index (χ1v) is 9.63. The van der Waals surface area contributed by atoms with Gasteiger partial charge in [-0.3, -0.25) is 0 Å². The molecule has 1 atom stereocenters. The van der Waals surface area contributed by atoms with Gasteiger partial charge in [0.05, 0.1) is 25.4 Å². The van der Waals surface area contributed by atoms with Gasteiger partial charge in [0.2, 0.25) is 0 Å². The summed E-state index contributed by atoms with van der Waals surface area (Å²) < 4.78 is 19.0. The van der Waals surface area contributed by atoms with Crippen LogP contribution in [0.1, 0.15) is 37.1 Å². The minimum atomic E-state index is -0.625. The van der Waals surface area contributed by atoms with Gasteiger partial charge in [-0.15, -0.1) is 0 Å². The molecule has 1 unspecified atom stereocenters. The third kappa shape index (κ3) is 4.55. The van der Waals surface area contributed by atoms with Crippen molar-refractivity contribution in [2.24, 2.45) is 10.7 Å². The number of rotatable bonds is 4. The first-order valence-electron chi connectivity index (χ1n) is 9.63. The molecule has 0 spiro atoms. The van der Waals surface area contributed by atoms with Gasteiger partial charge in [-0.2, -0.15) is 0 Å². The Labute approximate surface area is 174 Å². The number of amidine groups is 1. The zero-order valence-corrected chi connectivity index (χ0v) is 16.6. The van der Waals surface area contributed by atoms with Crippen molar-refractivity contribution in [3.8, 4) is 11.8 Å². The molecular formula is C21H23FN6O2.